The number of nitrogens with zero attached hydrogens (tertiary/aromatic N) is 3. The van der Waals surface area contributed by atoms with E-state index in [1.807, 2.05) is 6.92 Å². The zero-order chi connectivity index (χ0) is 12.5. The van der Waals surface area contributed by atoms with Crippen LogP contribution < -0.4 is 5.32 Å². The predicted octanol–water partition coefficient (Wildman–Crippen LogP) is 2.38. The van der Waals surface area contributed by atoms with Gasteiger partial charge in [0.1, 0.15) is 5.01 Å². The molecule has 6 heteroatoms. The Morgan fingerprint density at radius 1 is 1.44 bits per heavy atom. The zero-order valence-electron chi connectivity index (χ0n) is 10.5. The fourth-order valence-electron chi connectivity index (χ4n) is 2.01. The molecule has 0 spiro atoms. The molecule has 1 atom stereocenters. The Balaban J connectivity index is 1.67. The Hall–Kier alpha value is -1.27. The number of rotatable bonds is 5. The van der Waals surface area contributed by atoms with E-state index in [0.717, 1.165) is 5.69 Å². The Labute approximate surface area is 110 Å². The number of aryl methyl sites for hydroxylation is 2. The minimum absolute atomic E-state index is 0.330. The molecule has 5 nitrogen and oxygen atoms in total. The van der Waals surface area contributed by atoms with E-state index in [4.69, 9.17) is 4.42 Å². The van der Waals surface area contributed by atoms with Crippen LogP contribution in [-0.4, -0.2) is 15.2 Å². The molecule has 0 bridgehead atoms. The van der Waals surface area contributed by atoms with Gasteiger partial charge in [-0.15, -0.1) is 21.5 Å². The monoisotopic (exact) mass is 264 g/mol. The van der Waals surface area contributed by atoms with Crippen molar-refractivity contribution in [3.8, 4) is 0 Å². The summed E-state index contributed by atoms with van der Waals surface area (Å²) in [6.45, 7) is 4.45. The molecule has 0 radical (unpaired) electrons. The molecule has 0 saturated heterocycles. The van der Waals surface area contributed by atoms with Crippen molar-refractivity contribution in [1.82, 2.24) is 20.5 Å². The van der Waals surface area contributed by atoms with Crippen LogP contribution in [0.3, 0.4) is 0 Å². The molecule has 1 aliphatic rings. The number of thiazole rings is 1. The van der Waals surface area contributed by atoms with E-state index in [-0.39, 0.29) is 0 Å². The Kier molecular flexibility index (Phi) is 3.13. The molecule has 2 heterocycles. The highest BCUT2D eigenvalue weighted by molar-refractivity contribution is 7.09. The van der Waals surface area contributed by atoms with E-state index in [2.05, 4.69) is 25.9 Å². The van der Waals surface area contributed by atoms with Crippen LogP contribution in [0.4, 0.5) is 0 Å². The Morgan fingerprint density at radius 2 is 2.28 bits per heavy atom. The number of hydrogen-bond donors (Lipinski definition) is 1. The second-order valence-electron chi connectivity index (χ2n) is 4.74. The van der Waals surface area contributed by atoms with E-state index in [1.165, 1.54) is 17.8 Å². The van der Waals surface area contributed by atoms with Crippen molar-refractivity contribution in [3.05, 3.63) is 27.9 Å². The lowest BCUT2D eigenvalue weighted by molar-refractivity contribution is 0.405. The standard InChI is InChI=1S/C12H16N4OS/c1-7-6-18-12(14-7)11(9-3-4-9)13-5-10-16-15-8(2)17-10/h6,9,11,13H,3-5H2,1-2H3/t11-/m1/s1. The van der Waals surface area contributed by atoms with E-state index < -0.39 is 0 Å². The smallest absolute Gasteiger partial charge is 0.230 e. The third-order valence-electron chi connectivity index (χ3n) is 3.04. The second-order valence-corrected chi connectivity index (χ2v) is 5.63. The molecule has 18 heavy (non-hydrogen) atoms. The molecule has 1 N–H and O–H groups in total. The van der Waals surface area contributed by atoms with Crippen LogP contribution in [0.1, 0.15) is 41.4 Å². The van der Waals surface area contributed by atoms with Gasteiger partial charge in [0.15, 0.2) is 0 Å². The third kappa shape index (κ3) is 2.59. The SMILES string of the molecule is Cc1csc([C@H](NCc2nnc(C)o2)C2CC2)n1. The molecule has 2 aromatic heterocycles. The third-order valence-corrected chi connectivity index (χ3v) is 4.08. The van der Waals surface area contributed by atoms with E-state index in [9.17, 15) is 0 Å². The highest BCUT2D eigenvalue weighted by Crippen LogP contribution is 2.41. The second kappa shape index (κ2) is 4.78. The van der Waals surface area contributed by atoms with Crippen LogP contribution in [0.5, 0.6) is 0 Å². The molecule has 1 aliphatic carbocycles. The summed E-state index contributed by atoms with van der Waals surface area (Å²) in [5, 5.41) is 14.6. The predicted molar refractivity (Wildman–Crippen MR) is 68.2 cm³/mol. The molecule has 1 fully saturated rings. The van der Waals surface area contributed by atoms with Crippen LogP contribution in [0, 0.1) is 19.8 Å². The lowest BCUT2D eigenvalue weighted by Crippen LogP contribution is -2.22. The lowest BCUT2D eigenvalue weighted by atomic mass is 10.2. The zero-order valence-corrected chi connectivity index (χ0v) is 11.3. The summed E-state index contributed by atoms with van der Waals surface area (Å²) < 4.78 is 5.37. The molecule has 3 rings (SSSR count). The number of aromatic nitrogens is 3. The van der Waals surface area contributed by atoms with E-state index in [0.29, 0.717) is 30.3 Å². The fraction of sp³-hybridized carbons (Fsp3) is 0.583. The maximum Gasteiger partial charge on any atom is 0.230 e. The highest BCUT2D eigenvalue weighted by atomic mass is 32.1. The summed E-state index contributed by atoms with van der Waals surface area (Å²) in [5.41, 5.74) is 1.09. The van der Waals surface area contributed by atoms with Crippen LogP contribution in [0.15, 0.2) is 9.80 Å². The minimum Gasteiger partial charge on any atom is -0.424 e. The molecule has 0 aliphatic heterocycles. The van der Waals surface area contributed by atoms with E-state index >= 15 is 0 Å². The molecule has 2 aromatic rings. The van der Waals surface area contributed by atoms with Gasteiger partial charge in [-0.25, -0.2) is 4.98 Å². The van der Waals surface area contributed by atoms with Crippen molar-refractivity contribution in [2.45, 2.75) is 39.3 Å². The quantitative estimate of drug-likeness (QED) is 0.898. The molecular formula is C12H16N4OS. The molecule has 0 aromatic carbocycles. The summed E-state index contributed by atoms with van der Waals surface area (Å²) in [4.78, 5) is 4.58. The van der Waals surface area contributed by atoms with Gasteiger partial charge in [-0.05, 0) is 25.7 Å². The van der Waals surface area contributed by atoms with Crippen LogP contribution in [0.2, 0.25) is 0 Å². The van der Waals surface area contributed by atoms with Crippen LogP contribution >= 0.6 is 11.3 Å². The topological polar surface area (TPSA) is 63.8 Å². The summed E-state index contributed by atoms with van der Waals surface area (Å²) in [6.07, 6.45) is 2.55. The first kappa shape index (κ1) is 11.8. The fourth-order valence-corrected chi connectivity index (χ4v) is 2.97. The number of nitrogens with one attached hydrogen (secondary N) is 1. The highest BCUT2D eigenvalue weighted by Gasteiger charge is 2.34. The Morgan fingerprint density at radius 3 is 2.83 bits per heavy atom. The van der Waals surface area contributed by atoms with Gasteiger partial charge < -0.3 is 4.42 Å². The summed E-state index contributed by atoms with van der Waals surface area (Å²) in [6, 6.07) is 0.330. The maximum atomic E-state index is 5.37. The summed E-state index contributed by atoms with van der Waals surface area (Å²) in [7, 11) is 0. The minimum atomic E-state index is 0.330. The van der Waals surface area contributed by atoms with E-state index in [1.54, 1.807) is 18.3 Å². The molecule has 0 unspecified atom stereocenters. The van der Waals surface area contributed by atoms with Crippen molar-refractivity contribution in [3.63, 3.8) is 0 Å². The average Bonchev–Trinajstić information content (AvgIpc) is 2.96. The maximum absolute atomic E-state index is 5.37. The first-order valence-corrected chi connectivity index (χ1v) is 7.05. The molecule has 96 valence electrons. The van der Waals surface area contributed by atoms with Crippen molar-refractivity contribution < 1.29 is 4.42 Å². The molecule has 1 saturated carbocycles. The molecular weight excluding hydrogens is 248 g/mol. The van der Waals surface area contributed by atoms with Gasteiger partial charge in [0.2, 0.25) is 11.8 Å². The van der Waals surface area contributed by atoms with Gasteiger partial charge in [-0.1, -0.05) is 0 Å². The largest absolute Gasteiger partial charge is 0.424 e. The van der Waals surface area contributed by atoms with Crippen LogP contribution in [-0.2, 0) is 6.54 Å². The average molecular weight is 264 g/mol. The van der Waals surface area contributed by atoms with Crippen molar-refractivity contribution >= 4 is 11.3 Å². The summed E-state index contributed by atoms with van der Waals surface area (Å²) in [5.74, 6) is 1.96. The van der Waals surface area contributed by atoms with Crippen molar-refractivity contribution in [2.24, 2.45) is 5.92 Å². The van der Waals surface area contributed by atoms with Crippen molar-refractivity contribution in [2.75, 3.05) is 0 Å². The van der Waals surface area contributed by atoms with Gasteiger partial charge in [0.05, 0.1) is 12.6 Å². The van der Waals surface area contributed by atoms with Crippen molar-refractivity contribution in [1.29, 1.82) is 0 Å². The van der Waals surface area contributed by atoms with Crippen LogP contribution in [0.25, 0.3) is 0 Å². The first-order chi connectivity index (χ1) is 8.72. The normalized spacial score (nSPS) is 17.0. The van der Waals surface area contributed by atoms with Gasteiger partial charge in [0, 0.05) is 18.0 Å². The Bertz CT molecular complexity index is 532. The molecule has 0 amide bonds. The lowest BCUT2D eigenvalue weighted by Gasteiger charge is -2.14. The van der Waals surface area contributed by atoms with Gasteiger partial charge in [-0.2, -0.15) is 0 Å². The van der Waals surface area contributed by atoms with Gasteiger partial charge in [-0.3, -0.25) is 5.32 Å². The van der Waals surface area contributed by atoms with Gasteiger partial charge in [0.25, 0.3) is 0 Å². The summed E-state index contributed by atoms with van der Waals surface area (Å²) >= 11 is 1.73. The first-order valence-electron chi connectivity index (χ1n) is 6.17. The van der Waals surface area contributed by atoms with Gasteiger partial charge >= 0.3 is 0 Å². The number of hydrogen-bond acceptors (Lipinski definition) is 6.